The predicted octanol–water partition coefficient (Wildman–Crippen LogP) is 3.89. The lowest BCUT2D eigenvalue weighted by atomic mass is 9.99. The van der Waals surface area contributed by atoms with Crippen LogP contribution in [0, 0.1) is 13.8 Å². The Morgan fingerprint density at radius 3 is 2.44 bits per heavy atom. The number of amides is 1. The Labute approximate surface area is 190 Å². The number of hydrogen-bond donors (Lipinski definition) is 1. The molecule has 0 aliphatic carbocycles. The van der Waals surface area contributed by atoms with Crippen LogP contribution in [-0.4, -0.2) is 40.3 Å². The fourth-order valence-electron chi connectivity index (χ4n) is 3.73. The minimum atomic E-state index is -3.52. The van der Waals surface area contributed by atoms with Crippen molar-refractivity contribution in [1.82, 2.24) is 5.32 Å². The fraction of sp³-hybridized carbons (Fsp3) is 0.458. The number of benzene rings is 2. The highest BCUT2D eigenvalue weighted by Gasteiger charge is 2.21. The third-order valence-electron chi connectivity index (χ3n) is 5.66. The van der Waals surface area contributed by atoms with Gasteiger partial charge in [-0.2, -0.15) is 0 Å². The number of nitrogens with one attached hydrogen (secondary N) is 1. The molecule has 8 heteroatoms. The predicted molar refractivity (Wildman–Crippen MR) is 126 cm³/mol. The van der Waals surface area contributed by atoms with Crippen molar-refractivity contribution in [1.29, 1.82) is 0 Å². The second-order valence-corrected chi connectivity index (χ2v) is 10.0. The SMILES string of the molecule is CC[C@@H](NC(=O)CCCN(c1ccc2c(c1)OCCO2)S(C)(=O)=O)c1ccc(C)c(C)c1. The number of hydrogen-bond acceptors (Lipinski definition) is 5. The van der Waals surface area contributed by atoms with Crippen molar-refractivity contribution in [3.05, 3.63) is 53.1 Å². The molecule has 1 amide bonds. The van der Waals surface area contributed by atoms with Crippen LogP contribution in [-0.2, 0) is 14.8 Å². The molecular formula is C24H32N2O5S. The lowest BCUT2D eigenvalue weighted by molar-refractivity contribution is -0.121. The Kier molecular flexibility index (Phi) is 7.66. The molecule has 0 unspecified atom stereocenters. The van der Waals surface area contributed by atoms with Crippen LogP contribution in [0.5, 0.6) is 11.5 Å². The van der Waals surface area contributed by atoms with Crippen molar-refractivity contribution < 1.29 is 22.7 Å². The quantitative estimate of drug-likeness (QED) is 0.614. The molecule has 0 bridgehead atoms. The maximum Gasteiger partial charge on any atom is 0.232 e. The lowest BCUT2D eigenvalue weighted by Crippen LogP contribution is -2.33. The first-order chi connectivity index (χ1) is 15.2. The average Bonchev–Trinajstić information content (AvgIpc) is 2.76. The average molecular weight is 461 g/mol. The molecule has 2 aromatic rings. The number of rotatable bonds is 9. The van der Waals surface area contributed by atoms with E-state index in [0.29, 0.717) is 36.8 Å². The smallest absolute Gasteiger partial charge is 0.232 e. The summed E-state index contributed by atoms with van der Waals surface area (Å²) in [6, 6.07) is 11.2. The summed E-state index contributed by atoms with van der Waals surface area (Å²) in [4.78, 5) is 12.6. The van der Waals surface area contributed by atoms with E-state index in [1.807, 2.05) is 13.0 Å². The third-order valence-corrected chi connectivity index (χ3v) is 6.85. The minimum Gasteiger partial charge on any atom is -0.486 e. The van der Waals surface area contributed by atoms with Crippen LogP contribution in [0.3, 0.4) is 0 Å². The molecule has 1 aliphatic heterocycles. The molecule has 0 saturated carbocycles. The van der Waals surface area contributed by atoms with E-state index >= 15 is 0 Å². The zero-order valence-corrected chi connectivity index (χ0v) is 20.0. The first-order valence-electron chi connectivity index (χ1n) is 10.9. The van der Waals surface area contributed by atoms with E-state index in [4.69, 9.17) is 9.47 Å². The molecule has 174 valence electrons. The van der Waals surface area contributed by atoms with Gasteiger partial charge in [0.15, 0.2) is 11.5 Å². The van der Waals surface area contributed by atoms with E-state index < -0.39 is 10.0 Å². The van der Waals surface area contributed by atoms with E-state index in [1.54, 1.807) is 18.2 Å². The summed E-state index contributed by atoms with van der Waals surface area (Å²) < 4.78 is 37.2. The molecule has 32 heavy (non-hydrogen) atoms. The van der Waals surface area contributed by atoms with Crippen LogP contribution >= 0.6 is 0 Å². The highest BCUT2D eigenvalue weighted by Crippen LogP contribution is 2.34. The summed E-state index contributed by atoms with van der Waals surface area (Å²) in [5.74, 6) is 1.04. The Morgan fingerprint density at radius 2 is 1.78 bits per heavy atom. The molecular weight excluding hydrogens is 428 g/mol. The normalized spacial score (nSPS) is 14.0. The van der Waals surface area contributed by atoms with Gasteiger partial charge < -0.3 is 14.8 Å². The zero-order chi connectivity index (χ0) is 23.3. The van der Waals surface area contributed by atoms with Gasteiger partial charge in [0.1, 0.15) is 13.2 Å². The first-order valence-corrected chi connectivity index (χ1v) is 12.8. The van der Waals surface area contributed by atoms with Crippen molar-refractivity contribution in [2.75, 3.05) is 30.3 Å². The number of fused-ring (bicyclic) bond motifs is 1. The van der Waals surface area contributed by atoms with E-state index in [-0.39, 0.29) is 24.9 Å². The summed E-state index contributed by atoms with van der Waals surface area (Å²) in [7, 11) is -3.52. The minimum absolute atomic E-state index is 0.0643. The number of anilines is 1. The van der Waals surface area contributed by atoms with Gasteiger partial charge in [0.2, 0.25) is 15.9 Å². The molecule has 7 nitrogen and oxygen atoms in total. The molecule has 1 aliphatic rings. The van der Waals surface area contributed by atoms with Crippen molar-refractivity contribution >= 4 is 21.6 Å². The van der Waals surface area contributed by atoms with E-state index in [0.717, 1.165) is 18.2 Å². The van der Waals surface area contributed by atoms with Crippen LogP contribution in [0.1, 0.15) is 48.9 Å². The molecule has 0 aromatic heterocycles. The maximum absolute atomic E-state index is 12.6. The van der Waals surface area contributed by atoms with Crippen LogP contribution in [0.2, 0.25) is 0 Å². The number of carbonyl (C=O) groups excluding carboxylic acids is 1. The van der Waals surface area contributed by atoms with E-state index in [1.165, 1.54) is 15.4 Å². The van der Waals surface area contributed by atoms with Crippen molar-refractivity contribution in [3.63, 3.8) is 0 Å². The van der Waals surface area contributed by atoms with Gasteiger partial charge in [-0.05, 0) is 55.5 Å². The van der Waals surface area contributed by atoms with Gasteiger partial charge in [-0.1, -0.05) is 25.1 Å². The van der Waals surface area contributed by atoms with Gasteiger partial charge in [0, 0.05) is 19.0 Å². The number of aryl methyl sites for hydroxylation is 2. The van der Waals surface area contributed by atoms with Gasteiger partial charge in [0.05, 0.1) is 18.0 Å². The molecule has 2 aromatic carbocycles. The monoisotopic (exact) mass is 460 g/mol. The highest BCUT2D eigenvalue weighted by molar-refractivity contribution is 7.92. The first kappa shape index (κ1) is 23.9. The lowest BCUT2D eigenvalue weighted by Gasteiger charge is -2.25. The Balaban J connectivity index is 1.62. The largest absolute Gasteiger partial charge is 0.486 e. The standard InChI is InChI=1S/C24H32N2O5S/c1-5-21(19-9-8-17(2)18(3)15-19)25-24(27)7-6-12-26(32(4,28)29)20-10-11-22-23(16-20)31-14-13-30-22/h8-11,15-16,21H,5-7,12-14H2,1-4H3,(H,25,27)/t21-/m1/s1. The molecule has 3 rings (SSSR count). The van der Waals surface area contributed by atoms with Gasteiger partial charge in [-0.15, -0.1) is 0 Å². The molecule has 1 atom stereocenters. The molecule has 0 radical (unpaired) electrons. The third kappa shape index (κ3) is 5.94. The highest BCUT2D eigenvalue weighted by atomic mass is 32.2. The fourth-order valence-corrected chi connectivity index (χ4v) is 4.68. The van der Waals surface area contributed by atoms with Gasteiger partial charge in [-0.25, -0.2) is 8.42 Å². The van der Waals surface area contributed by atoms with E-state index in [9.17, 15) is 13.2 Å². The second kappa shape index (κ2) is 10.3. The summed E-state index contributed by atoms with van der Waals surface area (Å²) >= 11 is 0. The van der Waals surface area contributed by atoms with Crippen molar-refractivity contribution in [2.24, 2.45) is 0 Å². The summed E-state index contributed by atoms with van der Waals surface area (Å²) in [6.45, 7) is 7.26. The maximum atomic E-state index is 12.6. The van der Waals surface area contributed by atoms with Crippen molar-refractivity contribution in [2.45, 2.75) is 46.1 Å². The summed E-state index contributed by atoms with van der Waals surface area (Å²) in [6.07, 6.45) is 2.58. The molecule has 1 heterocycles. The van der Waals surface area contributed by atoms with Gasteiger partial charge in [-0.3, -0.25) is 9.10 Å². The molecule has 1 N–H and O–H groups in total. The molecule has 0 saturated heterocycles. The second-order valence-electron chi connectivity index (χ2n) is 8.14. The van der Waals surface area contributed by atoms with Crippen LogP contribution < -0.4 is 19.1 Å². The number of carbonyl (C=O) groups is 1. The van der Waals surface area contributed by atoms with E-state index in [2.05, 4.69) is 31.3 Å². The summed E-state index contributed by atoms with van der Waals surface area (Å²) in [5, 5.41) is 3.08. The molecule has 0 spiro atoms. The van der Waals surface area contributed by atoms with Crippen LogP contribution in [0.25, 0.3) is 0 Å². The number of ether oxygens (including phenoxy) is 2. The van der Waals surface area contributed by atoms with Crippen LogP contribution in [0.15, 0.2) is 36.4 Å². The Hall–Kier alpha value is -2.74. The number of sulfonamides is 1. The van der Waals surface area contributed by atoms with Crippen molar-refractivity contribution in [3.8, 4) is 11.5 Å². The summed E-state index contributed by atoms with van der Waals surface area (Å²) in [5.41, 5.74) is 3.99. The zero-order valence-electron chi connectivity index (χ0n) is 19.2. The van der Waals surface area contributed by atoms with Gasteiger partial charge >= 0.3 is 0 Å². The Bertz CT molecular complexity index is 1070. The molecule has 0 fully saturated rings. The van der Waals surface area contributed by atoms with Gasteiger partial charge in [0.25, 0.3) is 0 Å². The number of nitrogens with zero attached hydrogens (tertiary/aromatic N) is 1. The van der Waals surface area contributed by atoms with Crippen LogP contribution in [0.4, 0.5) is 5.69 Å². The topological polar surface area (TPSA) is 84.9 Å². The Morgan fingerprint density at radius 1 is 1.06 bits per heavy atom.